The fourth-order valence-corrected chi connectivity index (χ4v) is 1.62. The second-order valence-corrected chi connectivity index (χ2v) is 3.90. The van der Waals surface area contributed by atoms with Gasteiger partial charge in [-0.15, -0.1) is 0 Å². The summed E-state index contributed by atoms with van der Waals surface area (Å²) in [7, 11) is 0. The maximum Gasteiger partial charge on any atom is 0.324 e. The predicted molar refractivity (Wildman–Crippen MR) is 55.3 cm³/mol. The Bertz CT molecular complexity index is 491. The molecule has 0 radical (unpaired) electrons. The van der Waals surface area contributed by atoms with E-state index in [1.54, 1.807) is 0 Å². The molecule has 1 fully saturated rings. The van der Waals surface area contributed by atoms with E-state index in [2.05, 4.69) is 5.32 Å². The number of carbonyl (C=O) groups excluding carboxylic acids is 2. The van der Waals surface area contributed by atoms with Gasteiger partial charge in [0.1, 0.15) is 11.6 Å². The number of carbonyl (C=O) groups is 2. The lowest BCUT2D eigenvalue weighted by Crippen LogP contribution is -2.30. The zero-order valence-corrected chi connectivity index (χ0v) is 9.22. The van der Waals surface area contributed by atoms with E-state index < -0.39 is 23.6 Å². The van der Waals surface area contributed by atoms with Crippen LogP contribution in [-0.4, -0.2) is 23.4 Å². The van der Waals surface area contributed by atoms with Crippen LogP contribution in [-0.2, 0) is 11.3 Å². The molecule has 0 aliphatic carbocycles. The molecule has 17 heavy (non-hydrogen) atoms. The standard InChI is InChI=1S/C10H7ClF2N2O2/c11-6-2-7(12)5(1-8(6)13)4-15-9(16)3-14-10(15)17/h1-2H,3-4H2,(H,14,17). The van der Waals surface area contributed by atoms with Crippen LogP contribution in [0.3, 0.4) is 0 Å². The Morgan fingerprint density at radius 2 is 2.00 bits per heavy atom. The molecular weight excluding hydrogens is 254 g/mol. The molecule has 1 aromatic carbocycles. The summed E-state index contributed by atoms with van der Waals surface area (Å²) in [5, 5.41) is 1.94. The Kier molecular flexibility index (Phi) is 2.97. The van der Waals surface area contributed by atoms with E-state index in [4.69, 9.17) is 11.6 Å². The van der Waals surface area contributed by atoms with E-state index in [0.29, 0.717) is 0 Å². The number of imide groups is 1. The van der Waals surface area contributed by atoms with Crippen LogP contribution in [0.5, 0.6) is 0 Å². The third-order valence-corrected chi connectivity index (χ3v) is 2.64. The van der Waals surface area contributed by atoms with Crippen molar-refractivity contribution in [1.29, 1.82) is 0 Å². The van der Waals surface area contributed by atoms with Crippen molar-refractivity contribution in [1.82, 2.24) is 10.2 Å². The summed E-state index contributed by atoms with van der Waals surface area (Å²) in [6.45, 7) is -0.443. The predicted octanol–water partition coefficient (Wildman–Crippen LogP) is 1.67. The van der Waals surface area contributed by atoms with Crippen molar-refractivity contribution in [3.05, 3.63) is 34.4 Å². The molecule has 0 unspecified atom stereocenters. The first-order valence-electron chi connectivity index (χ1n) is 4.70. The molecule has 0 spiro atoms. The summed E-state index contributed by atoms with van der Waals surface area (Å²) in [4.78, 5) is 23.3. The lowest BCUT2D eigenvalue weighted by Gasteiger charge is -2.13. The fourth-order valence-electron chi connectivity index (χ4n) is 1.47. The van der Waals surface area contributed by atoms with Gasteiger partial charge in [-0.25, -0.2) is 13.6 Å². The Morgan fingerprint density at radius 3 is 2.59 bits per heavy atom. The minimum absolute atomic E-state index is 0.0997. The average Bonchev–Trinajstić information content (AvgIpc) is 2.57. The third kappa shape index (κ3) is 2.21. The quantitative estimate of drug-likeness (QED) is 0.650. The van der Waals surface area contributed by atoms with Crippen molar-refractivity contribution in [2.45, 2.75) is 6.54 Å². The summed E-state index contributed by atoms with van der Waals surface area (Å²) >= 11 is 5.39. The second kappa shape index (κ2) is 4.29. The zero-order valence-electron chi connectivity index (χ0n) is 8.47. The largest absolute Gasteiger partial charge is 0.329 e. The van der Waals surface area contributed by atoms with Crippen molar-refractivity contribution in [2.24, 2.45) is 0 Å². The molecule has 0 bridgehead atoms. The lowest BCUT2D eigenvalue weighted by molar-refractivity contribution is -0.125. The Morgan fingerprint density at radius 1 is 1.29 bits per heavy atom. The molecule has 4 nitrogen and oxygen atoms in total. The number of rotatable bonds is 2. The number of hydrogen-bond acceptors (Lipinski definition) is 2. The SMILES string of the molecule is O=C1CNC(=O)N1Cc1cc(F)c(Cl)cc1F. The highest BCUT2D eigenvalue weighted by Gasteiger charge is 2.29. The Balaban J connectivity index is 2.27. The third-order valence-electron chi connectivity index (χ3n) is 2.35. The van der Waals surface area contributed by atoms with Crippen molar-refractivity contribution in [3.63, 3.8) is 0 Å². The van der Waals surface area contributed by atoms with E-state index in [1.807, 2.05) is 0 Å². The first kappa shape index (κ1) is 11.8. The van der Waals surface area contributed by atoms with Crippen molar-refractivity contribution < 1.29 is 18.4 Å². The molecule has 1 aliphatic heterocycles. The molecular formula is C10H7ClF2N2O2. The van der Waals surface area contributed by atoms with Crippen molar-refractivity contribution in [2.75, 3.05) is 6.54 Å². The number of hydrogen-bond donors (Lipinski definition) is 1. The zero-order chi connectivity index (χ0) is 12.6. The number of nitrogens with zero attached hydrogens (tertiary/aromatic N) is 1. The van der Waals surface area contributed by atoms with Gasteiger partial charge in [0.2, 0.25) is 5.91 Å². The minimum atomic E-state index is -0.796. The van der Waals surface area contributed by atoms with E-state index >= 15 is 0 Å². The number of nitrogens with one attached hydrogen (secondary N) is 1. The van der Waals surface area contributed by atoms with Gasteiger partial charge in [0, 0.05) is 5.56 Å². The van der Waals surface area contributed by atoms with Crippen LogP contribution in [0.15, 0.2) is 12.1 Å². The van der Waals surface area contributed by atoms with E-state index in [1.165, 1.54) is 0 Å². The van der Waals surface area contributed by atoms with Gasteiger partial charge in [0.05, 0.1) is 18.1 Å². The van der Waals surface area contributed by atoms with Crippen LogP contribution in [0.1, 0.15) is 5.56 Å². The fraction of sp³-hybridized carbons (Fsp3) is 0.200. The van der Waals surface area contributed by atoms with Gasteiger partial charge in [-0.2, -0.15) is 0 Å². The summed E-state index contributed by atoms with van der Waals surface area (Å²) in [6, 6.07) is 1.06. The van der Waals surface area contributed by atoms with Gasteiger partial charge in [0.25, 0.3) is 0 Å². The lowest BCUT2D eigenvalue weighted by atomic mass is 10.2. The summed E-state index contributed by atoms with van der Waals surface area (Å²) < 4.78 is 26.5. The van der Waals surface area contributed by atoms with Crippen molar-refractivity contribution in [3.8, 4) is 0 Å². The molecule has 3 amide bonds. The van der Waals surface area contributed by atoms with Crippen molar-refractivity contribution >= 4 is 23.5 Å². The van der Waals surface area contributed by atoms with Crippen LogP contribution in [0, 0.1) is 11.6 Å². The molecule has 1 aromatic rings. The van der Waals surface area contributed by atoms with E-state index in [9.17, 15) is 18.4 Å². The van der Waals surface area contributed by atoms with Crippen LogP contribution < -0.4 is 5.32 Å². The highest BCUT2D eigenvalue weighted by Crippen LogP contribution is 2.21. The first-order chi connectivity index (χ1) is 7.99. The molecule has 2 rings (SSSR count). The first-order valence-corrected chi connectivity index (χ1v) is 5.08. The normalized spacial score (nSPS) is 15.4. The highest BCUT2D eigenvalue weighted by molar-refractivity contribution is 6.30. The molecule has 1 saturated heterocycles. The Labute approximate surface area is 100 Å². The van der Waals surface area contributed by atoms with Crippen LogP contribution in [0.4, 0.5) is 13.6 Å². The summed E-state index contributed by atoms with van der Waals surface area (Å²) in [5.74, 6) is -2.04. The average molecular weight is 261 g/mol. The highest BCUT2D eigenvalue weighted by atomic mass is 35.5. The van der Waals surface area contributed by atoms with Crippen LogP contribution >= 0.6 is 11.6 Å². The second-order valence-electron chi connectivity index (χ2n) is 3.50. The summed E-state index contributed by atoms with van der Waals surface area (Å²) in [5.41, 5.74) is -0.0997. The molecule has 0 saturated carbocycles. The number of urea groups is 1. The monoisotopic (exact) mass is 260 g/mol. The minimum Gasteiger partial charge on any atom is -0.329 e. The Hall–Kier alpha value is -1.69. The van der Waals surface area contributed by atoms with E-state index in [-0.39, 0.29) is 23.7 Å². The van der Waals surface area contributed by atoms with Gasteiger partial charge in [-0.1, -0.05) is 11.6 Å². The smallest absolute Gasteiger partial charge is 0.324 e. The summed E-state index contributed by atoms with van der Waals surface area (Å²) in [6.07, 6.45) is 0. The van der Waals surface area contributed by atoms with Crippen LogP contribution in [0.2, 0.25) is 5.02 Å². The topological polar surface area (TPSA) is 49.4 Å². The van der Waals surface area contributed by atoms with Gasteiger partial charge in [0.15, 0.2) is 0 Å². The molecule has 1 N–H and O–H groups in total. The maximum atomic E-state index is 13.4. The van der Waals surface area contributed by atoms with Gasteiger partial charge in [-0.3, -0.25) is 9.69 Å². The molecule has 0 atom stereocenters. The number of halogens is 3. The van der Waals surface area contributed by atoms with E-state index in [0.717, 1.165) is 17.0 Å². The van der Waals surface area contributed by atoms with Gasteiger partial charge < -0.3 is 5.32 Å². The molecule has 1 heterocycles. The molecule has 1 aliphatic rings. The van der Waals surface area contributed by atoms with Gasteiger partial charge >= 0.3 is 6.03 Å². The molecule has 90 valence electrons. The molecule has 0 aromatic heterocycles. The molecule has 7 heteroatoms. The number of benzene rings is 1. The number of amides is 3. The van der Waals surface area contributed by atoms with Crippen LogP contribution in [0.25, 0.3) is 0 Å². The van der Waals surface area contributed by atoms with Gasteiger partial charge in [-0.05, 0) is 12.1 Å². The maximum absolute atomic E-state index is 13.4.